The van der Waals surface area contributed by atoms with E-state index >= 15 is 0 Å². The molecule has 0 atom stereocenters. The number of likely N-dealkylation sites (N-methyl/N-ethyl adjacent to an activating group) is 1. The van der Waals surface area contributed by atoms with E-state index in [1.165, 1.54) is 0 Å². The Kier molecular flexibility index (Phi) is 5.20. The van der Waals surface area contributed by atoms with E-state index in [1.54, 1.807) is 47.9 Å². The number of amides is 1. The molecule has 0 aromatic carbocycles. The zero-order chi connectivity index (χ0) is 17.6. The minimum absolute atomic E-state index is 0.0180. The average molecular weight is 340 g/mol. The third-order valence-electron chi connectivity index (χ3n) is 3.90. The molecule has 1 saturated heterocycles. The number of aromatic amines is 1. The molecule has 0 spiro atoms. The first-order chi connectivity index (χ1) is 12.2. The van der Waals surface area contributed by atoms with E-state index in [2.05, 4.69) is 25.6 Å². The van der Waals surface area contributed by atoms with Gasteiger partial charge in [-0.05, 0) is 13.1 Å². The molecule has 1 amide bonds. The number of anilines is 1. The predicted octanol–water partition coefficient (Wildman–Crippen LogP) is 0.230. The van der Waals surface area contributed by atoms with Gasteiger partial charge in [0.15, 0.2) is 0 Å². The van der Waals surface area contributed by atoms with Crippen LogP contribution in [0.5, 0.6) is 0 Å². The number of hydrogen-bond acceptors (Lipinski definition) is 6. The van der Waals surface area contributed by atoms with E-state index in [-0.39, 0.29) is 17.5 Å². The minimum Gasteiger partial charge on any atom is -0.374 e. The number of pyridine rings is 1. The summed E-state index contributed by atoms with van der Waals surface area (Å²) in [5, 5.41) is 6.13. The molecular formula is C17H20N6O2. The second-order valence-electron chi connectivity index (χ2n) is 5.77. The monoisotopic (exact) mass is 340 g/mol. The maximum atomic E-state index is 12.0. The molecule has 2 aromatic heterocycles. The van der Waals surface area contributed by atoms with Crippen molar-refractivity contribution in [2.24, 2.45) is 0 Å². The van der Waals surface area contributed by atoms with E-state index in [0.29, 0.717) is 31.0 Å². The molecule has 0 unspecified atom stereocenters. The molecule has 3 N–H and O–H groups in total. The van der Waals surface area contributed by atoms with E-state index in [1.807, 2.05) is 7.05 Å². The number of carbonyl (C=O) groups is 1. The van der Waals surface area contributed by atoms with Crippen LogP contribution in [0.15, 0.2) is 47.8 Å². The smallest absolute Gasteiger partial charge is 0.271 e. The van der Waals surface area contributed by atoms with Crippen LogP contribution in [0.25, 0.3) is 11.3 Å². The Morgan fingerprint density at radius 2 is 2.28 bits per heavy atom. The van der Waals surface area contributed by atoms with Crippen LogP contribution in [0.4, 0.5) is 5.69 Å². The molecule has 3 rings (SSSR count). The van der Waals surface area contributed by atoms with E-state index in [0.717, 1.165) is 5.56 Å². The van der Waals surface area contributed by atoms with Crippen LogP contribution in [0.2, 0.25) is 0 Å². The van der Waals surface area contributed by atoms with Crippen LogP contribution in [0.3, 0.4) is 0 Å². The van der Waals surface area contributed by atoms with Gasteiger partial charge in [-0.3, -0.25) is 19.6 Å². The molecular weight excluding hydrogens is 320 g/mol. The van der Waals surface area contributed by atoms with Gasteiger partial charge in [0, 0.05) is 49.9 Å². The summed E-state index contributed by atoms with van der Waals surface area (Å²) in [4.78, 5) is 36.6. The van der Waals surface area contributed by atoms with Crippen LogP contribution < -0.4 is 16.2 Å². The van der Waals surface area contributed by atoms with Crippen molar-refractivity contribution in [3.63, 3.8) is 0 Å². The van der Waals surface area contributed by atoms with Gasteiger partial charge in [0.05, 0.1) is 17.9 Å². The van der Waals surface area contributed by atoms with Gasteiger partial charge in [-0.1, -0.05) is 6.08 Å². The topological polar surface area (TPSA) is 103 Å². The minimum atomic E-state index is -0.202. The summed E-state index contributed by atoms with van der Waals surface area (Å²) in [5.74, 6) is -0.0180. The number of hydrogen-bond donors (Lipinski definition) is 3. The Morgan fingerprint density at radius 1 is 1.44 bits per heavy atom. The van der Waals surface area contributed by atoms with Crippen molar-refractivity contribution in [3.8, 4) is 11.3 Å². The summed E-state index contributed by atoms with van der Waals surface area (Å²) in [6.07, 6.45) is 9.80. The fourth-order valence-electron chi connectivity index (χ4n) is 2.54. The second kappa shape index (κ2) is 7.71. The van der Waals surface area contributed by atoms with Crippen molar-refractivity contribution in [1.82, 2.24) is 25.2 Å². The maximum Gasteiger partial charge on any atom is 0.271 e. The van der Waals surface area contributed by atoms with E-state index in [4.69, 9.17) is 0 Å². The molecule has 0 bridgehead atoms. The van der Waals surface area contributed by atoms with Gasteiger partial charge in [0.25, 0.3) is 5.56 Å². The largest absolute Gasteiger partial charge is 0.374 e. The lowest BCUT2D eigenvalue weighted by molar-refractivity contribution is -0.129. The van der Waals surface area contributed by atoms with Gasteiger partial charge in [-0.2, -0.15) is 0 Å². The second-order valence-corrected chi connectivity index (χ2v) is 5.77. The molecule has 3 heterocycles. The molecule has 0 saturated carbocycles. The molecule has 130 valence electrons. The van der Waals surface area contributed by atoms with Crippen molar-refractivity contribution >= 4 is 11.6 Å². The quantitative estimate of drug-likeness (QED) is 0.651. The number of H-pyrrole nitrogens is 1. The average Bonchev–Trinajstić information content (AvgIpc) is 2.60. The van der Waals surface area contributed by atoms with Crippen LogP contribution in [0, 0.1) is 0 Å². The summed E-state index contributed by atoms with van der Waals surface area (Å²) in [6.45, 7) is 1.79. The molecule has 8 nitrogen and oxygen atoms in total. The lowest BCUT2D eigenvalue weighted by atomic mass is 10.1. The summed E-state index contributed by atoms with van der Waals surface area (Å²) in [6, 6.07) is 1.81. The van der Waals surface area contributed by atoms with Crippen molar-refractivity contribution in [1.29, 1.82) is 0 Å². The molecule has 0 aliphatic carbocycles. The van der Waals surface area contributed by atoms with Crippen LogP contribution in [-0.4, -0.2) is 58.5 Å². The molecule has 8 heteroatoms. The normalized spacial score (nSPS) is 14.5. The van der Waals surface area contributed by atoms with Crippen molar-refractivity contribution in [2.45, 2.75) is 6.04 Å². The van der Waals surface area contributed by atoms with Gasteiger partial charge in [-0.15, -0.1) is 0 Å². The van der Waals surface area contributed by atoms with E-state index in [9.17, 15) is 9.59 Å². The third-order valence-corrected chi connectivity index (χ3v) is 3.90. The first-order valence-electron chi connectivity index (χ1n) is 8.03. The first kappa shape index (κ1) is 16.8. The Labute approximate surface area is 145 Å². The standard InChI is InChI=1S/C17H20N6O2/c1-18-4-2-3-16(24)23-10-13(11-23)22-14-7-12(8-21-17(14)25)15-9-19-5-6-20-15/h2-3,5-9,13,18,22H,4,10-11H2,1H3,(H,21,25). The van der Waals surface area contributed by atoms with Gasteiger partial charge in [0.1, 0.15) is 5.69 Å². The fraction of sp³-hybridized carbons (Fsp3) is 0.294. The Bertz CT molecular complexity index is 811. The summed E-state index contributed by atoms with van der Waals surface area (Å²) >= 11 is 0. The van der Waals surface area contributed by atoms with Gasteiger partial charge in [-0.25, -0.2) is 0 Å². The molecule has 25 heavy (non-hydrogen) atoms. The third kappa shape index (κ3) is 4.10. The Morgan fingerprint density at radius 3 is 3.00 bits per heavy atom. The Balaban J connectivity index is 1.61. The van der Waals surface area contributed by atoms with Crippen LogP contribution in [0.1, 0.15) is 0 Å². The zero-order valence-electron chi connectivity index (χ0n) is 13.9. The lowest BCUT2D eigenvalue weighted by Gasteiger charge is -2.39. The zero-order valence-corrected chi connectivity index (χ0v) is 13.9. The number of aromatic nitrogens is 3. The van der Waals surface area contributed by atoms with Gasteiger partial charge < -0.3 is 20.5 Å². The molecule has 1 aliphatic rings. The number of rotatable bonds is 6. The summed E-state index contributed by atoms with van der Waals surface area (Å²) in [7, 11) is 1.82. The molecule has 1 fully saturated rings. The molecule has 0 radical (unpaired) electrons. The molecule has 2 aromatic rings. The van der Waals surface area contributed by atoms with Crippen molar-refractivity contribution in [2.75, 3.05) is 32.0 Å². The SMILES string of the molecule is CNCC=CC(=O)N1CC(Nc2cc(-c3cnccn3)c[nH]c2=O)C1. The summed E-state index contributed by atoms with van der Waals surface area (Å²) < 4.78 is 0. The highest BCUT2D eigenvalue weighted by Gasteiger charge is 2.29. The number of nitrogens with zero attached hydrogens (tertiary/aromatic N) is 3. The fourth-order valence-corrected chi connectivity index (χ4v) is 2.54. The van der Waals surface area contributed by atoms with E-state index < -0.39 is 0 Å². The summed E-state index contributed by atoms with van der Waals surface area (Å²) in [5.41, 5.74) is 1.72. The lowest BCUT2D eigenvalue weighted by Crippen LogP contribution is -2.57. The highest BCUT2D eigenvalue weighted by molar-refractivity contribution is 5.88. The number of nitrogens with one attached hydrogen (secondary N) is 3. The predicted molar refractivity (Wildman–Crippen MR) is 95.1 cm³/mol. The van der Waals surface area contributed by atoms with Gasteiger partial charge >= 0.3 is 0 Å². The number of likely N-dealkylation sites (tertiary alicyclic amines) is 1. The van der Waals surface area contributed by atoms with Gasteiger partial charge in [0.2, 0.25) is 5.91 Å². The maximum absolute atomic E-state index is 12.0. The highest BCUT2D eigenvalue weighted by atomic mass is 16.2. The first-order valence-corrected chi connectivity index (χ1v) is 8.03. The number of carbonyl (C=O) groups excluding carboxylic acids is 1. The van der Waals surface area contributed by atoms with Crippen LogP contribution in [-0.2, 0) is 4.79 Å². The highest BCUT2D eigenvalue weighted by Crippen LogP contribution is 2.18. The van der Waals surface area contributed by atoms with Crippen molar-refractivity contribution in [3.05, 3.63) is 53.4 Å². The van der Waals surface area contributed by atoms with Crippen LogP contribution >= 0.6 is 0 Å². The Hall–Kier alpha value is -3.00. The molecule has 1 aliphatic heterocycles. The van der Waals surface area contributed by atoms with Crippen molar-refractivity contribution < 1.29 is 4.79 Å².